The number of rotatable bonds is 6. The lowest BCUT2D eigenvalue weighted by Crippen LogP contribution is -2.00. The third-order valence-electron chi connectivity index (χ3n) is 1.70. The smallest absolute Gasteiger partial charge is 0.114 e. The third-order valence-corrected chi connectivity index (χ3v) is 1.70. The summed E-state index contributed by atoms with van der Waals surface area (Å²) in [5, 5.41) is 9.02. The molecule has 0 aliphatic carbocycles. The van der Waals surface area contributed by atoms with Crippen molar-refractivity contribution in [2.24, 2.45) is 0 Å². The van der Waals surface area contributed by atoms with Crippen molar-refractivity contribution in [1.29, 1.82) is 0 Å². The van der Waals surface area contributed by atoms with Crippen LogP contribution in [0.3, 0.4) is 0 Å². The van der Waals surface area contributed by atoms with E-state index in [2.05, 4.69) is 30.2 Å². The molecule has 0 heterocycles. The first-order valence-electron chi connectivity index (χ1n) is 4.71. The van der Waals surface area contributed by atoms with Crippen LogP contribution in [0.2, 0.25) is 0 Å². The summed E-state index contributed by atoms with van der Waals surface area (Å²) in [6.45, 7) is 2.02. The van der Waals surface area contributed by atoms with Crippen molar-refractivity contribution in [2.75, 3.05) is 0 Å². The lowest BCUT2D eigenvalue weighted by Gasteiger charge is -1.97. The number of hydrogen-bond acceptors (Lipinski definition) is 1. The fraction of sp³-hybridized carbons (Fsp3) is 0.500. The predicted octanol–water partition coefficient (Wildman–Crippen LogP) is 2.67. The zero-order chi connectivity index (χ0) is 9.94. The number of hydrogen-bond donors (Lipinski definition) is 1. The molecule has 0 rings (SSSR count). The standard InChI is InChI=1S/C12H18O/c1-3-5-6-7-8-9-10-11-12(13)4-2/h2-3,5,8-9,12-13H,6-7,10-11H2,1H3/b5-3+,9-8+. The van der Waals surface area contributed by atoms with Crippen LogP contribution in [0.5, 0.6) is 0 Å². The summed E-state index contributed by atoms with van der Waals surface area (Å²) >= 11 is 0. The SMILES string of the molecule is C#CC(O)CC/C=C/CC/C=C/C. The van der Waals surface area contributed by atoms with Crippen LogP contribution in [0.25, 0.3) is 0 Å². The van der Waals surface area contributed by atoms with Crippen molar-refractivity contribution >= 4 is 0 Å². The van der Waals surface area contributed by atoms with Crippen molar-refractivity contribution in [3.8, 4) is 12.3 Å². The molecular weight excluding hydrogens is 160 g/mol. The number of allylic oxidation sites excluding steroid dienone is 4. The quantitative estimate of drug-likeness (QED) is 0.376. The molecule has 0 aliphatic heterocycles. The highest BCUT2D eigenvalue weighted by atomic mass is 16.3. The Hall–Kier alpha value is -1.00. The molecule has 0 fully saturated rings. The Morgan fingerprint density at radius 3 is 2.46 bits per heavy atom. The Morgan fingerprint density at radius 1 is 1.23 bits per heavy atom. The first-order chi connectivity index (χ1) is 6.31. The topological polar surface area (TPSA) is 20.2 Å². The van der Waals surface area contributed by atoms with Gasteiger partial charge in [0.2, 0.25) is 0 Å². The van der Waals surface area contributed by atoms with Gasteiger partial charge in [0.1, 0.15) is 6.10 Å². The predicted molar refractivity (Wildman–Crippen MR) is 57.3 cm³/mol. The number of terminal acetylenes is 1. The lowest BCUT2D eigenvalue weighted by atomic mass is 10.2. The Labute approximate surface area is 81.2 Å². The molecule has 0 aromatic carbocycles. The van der Waals surface area contributed by atoms with Gasteiger partial charge >= 0.3 is 0 Å². The van der Waals surface area contributed by atoms with Gasteiger partial charge in [-0.15, -0.1) is 6.42 Å². The van der Waals surface area contributed by atoms with E-state index in [1.54, 1.807) is 0 Å². The van der Waals surface area contributed by atoms with Crippen LogP contribution in [0.1, 0.15) is 32.6 Å². The first kappa shape index (κ1) is 12.0. The maximum absolute atomic E-state index is 9.02. The van der Waals surface area contributed by atoms with Gasteiger partial charge in [-0.05, 0) is 32.6 Å². The average molecular weight is 178 g/mol. The van der Waals surface area contributed by atoms with E-state index in [4.69, 9.17) is 11.5 Å². The molecule has 0 saturated carbocycles. The highest BCUT2D eigenvalue weighted by molar-refractivity contribution is 4.95. The first-order valence-corrected chi connectivity index (χ1v) is 4.71. The minimum Gasteiger partial charge on any atom is -0.380 e. The third kappa shape index (κ3) is 8.91. The van der Waals surface area contributed by atoms with E-state index >= 15 is 0 Å². The normalized spacial score (nSPS) is 13.6. The van der Waals surface area contributed by atoms with E-state index in [0.717, 1.165) is 19.3 Å². The second-order valence-electron chi connectivity index (χ2n) is 2.88. The Bertz CT molecular complexity index is 196. The molecule has 1 heteroatoms. The second-order valence-corrected chi connectivity index (χ2v) is 2.88. The van der Waals surface area contributed by atoms with Gasteiger partial charge in [-0.1, -0.05) is 30.2 Å². The Balaban J connectivity index is 3.27. The van der Waals surface area contributed by atoms with Gasteiger partial charge in [0, 0.05) is 0 Å². The van der Waals surface area contributed by atoms with Crippen LogP contribution in [-0.2, 0) is 0 Å². The van der Waals surface area contributed by atoms with Crippen LogP contribution in [-0.4, -0.2) is 11.2 Å². The number of aliphatic hydroxyl groups is 1. The number of aliphatic hydroxyl groups excluding tert-OH is 1. The fourth-order valence-electron chi connectivity index (χ4n) is 0.932. The van der Waals surface area contributed by atoms with Gasteiger partial charge in [0.25, 0.3) is 0 Å². The summed E-state index contributed by atoms with van der Waals surface area (Å²) in [6.07, 6.45) is 16.5. The fourth-order valence-corrected chi connectivity index (χ4v) is 0.932. The molecule has 1 atom stereocenters. The number of unbranched alkanes of at least 4 members (excludes halogenated alkanes) is 1. The van der Waals surface area contributed by atoms with Crippen LogP contribution >= 0.6 is 0 Å². The molecule has 0 aromatic heterocycles. The summed E-state index contributed by atoms with van der Waals surface area (Å²) in [7, 11) is 0. The van der Waals surface area contributed by atoms with Crippen molar-refractivity contribution in [1.82, 2.24) is 0 Å². The second kappa shape index (κ2) is 9.09. The summed E-state index contributed by atoms with van der Waals surface area (Å²) in [6, 6.07) is 0. The lowest BCUT2D eigenvalue weighted by molar-refractivity contribution is 0.223. The van der Waals surface area contributed by atoms with Crippen molar-refractivity contribution < 1.29 is 5.11 Å². The van der Waals surface area contributed by atoms with E-state index in [1.165, 1.54) is 0 Å². The summed E-state index contributed by atoms with van der Waals surface area (Å²) in [5.74, 6) is 2.29. The van der Waals surface area contributed by atoms with Crippen LogP contribution in [0.4, 0.5) is 0 Å². The molecule has 0 aliphatic rings. The molecule has 1 nitrogen and oxygen atoms in total. The summed E-state index contributed by atoms with van der Waals surface area (Å²) in [4.78, 5) is 0. The molecule has 0 amide bonds. The van der Waals surface area contributed by atoms with Gasteiger partial charge in [-0.3, -0.25) is 0 Å². The van der Waals surface area contributed by atoms with Gasteiger partial charge in [0.15, 0.2) is 0 Å². The molecule has 0 aromatic rings. The van der Waals surface area contributed by atoms with Gasteiger partial charge < -0.3 is 5.11 Å². The molecule has 13 heavy (non-hydrogen) atoms. The highest BCUT2D eigenvalue weighted by Crippen LogP contribution is 1.99. The van der Waals surface area contributed by atoms with Gasteiger partial charge in [-0.25, -0.2) is 0 Å². The van der Waals surface area contributed by atoms with E-state index in [9.17, 15) is 0 Å². The van der Waals surface area contributed by atoms with Crippen molar-refractivity contribution in [3.63, 3.8) is 0 Å². The maximum atomic E-state index is 9.02. The van der Waals surface area contributed by atoms with Crippen LogP contribution in [0, 0.1) is 12.3 Å². The van der Waals surface area contributed by atoms with E-state index in [0.29, 0.717) is 6.42 Å². The zero-order valence-corrected chi connectivity index (χ0v) is 8.24. The highest BCUT2D eigenvalue weighted by Gasteiger charge is 1.93. The zero-order valence-electron chi connectivity index (χ0n) is 8.24. The van der Waals surface area contributed by atoms with E-state index < -0.39 is 6.10 Å². The monoisotopic (exact) mass is 178 g/mol. The van der Waals surface area contributed by atoms with Gasteiger partial charge in [0.05, 0.1) is 0 Å². The van der Waals surface area contributed by atoms with Crippen molar-refractivity contribution in [2.45, 2.75) is 38.7 Å². The molecule has 1 unspecified atom stereocenters. The van der Waals surface area contributed by atoms with Gasteiger partial charge in [-0.2, -0.15) is 0 Å². The molecule has 0 radical (unpaired) electrons. The molecule has 1 N–H and O–H groups in total. The van der Waals surface area contributed by atoms with Crippen LogP contribution < -0.4 is 0 Å². The minimum atomic E-state index is -0.583. The minimum absolute atomic E-state index is 0.583. The average Bonchev–Trinajstić information content (AvgIpc) is 2.16. The van der Waals surface area contributed by atoms with E-state index in [-0.39, 0.29) is 0 Å². The van der Waals surface area contributed by atoms with Crippen molar-refractivity contribution in [3.05, 3.63) is 24.3 Å². The molecule has 0 saturated heterocycles. The Morgan fingerprint density at radius 2 is 1.85 bits per heavy atom. The summed E-state index contributed by atoms with van der Waals surface area (Å²) < 4.78 is 0. The van der Waals surface area contributed by atoms with E-state index in [1.807, 2.05) is 6.92 Å². The molecule has 72 valence electrons. The summed E-state index contributed by atoms with van der Waals surface area (Å²) in [5.41, 5.74) is 0. The molecule has 0 spiro atoms. The maximum Gasteiger partial charge on any atom is 0.114 e. The molecular formula is C12H18O. The van der Waals surface area contributed by atoms with Crippen LogP contribution in [0.15, 0.2) is 24.3 Å². The largest absolute Gasteiger partial charge is 0.380 e. The Kier molecular flexibility index (Phi) is 8.39. The molecule has 0 bridgehead atoms.